The second-order valence-electron chi connectivity index (χ2n) is 5.34. The van der Waals surface area contributed by atoms with Crippen molar-refractivity contribution in [3.63, 3.8) is 0 Å². The van der Waals surface area contributed by atoms with Crippen LogP contribution < -0.4 is 5.73 Å². The van der Waals surface area contributed by atoms with Gasteiger partial charge in [0.15, 0.2) is 0 Å². The highest BCUT2D eigenvalue weighted by atomic mass is 35.5. The molecule has 0 fully saturated rings. The minimum Gasteiger partial charge on any atom is -0.329 e. The first kappa shape index (κ1) is 16.5. The van der Waals surface area contributed by atoms with E-state index in [1.54, 1.807) is 0 Å². The summed E-state index contributed by atoms with van der Waals surface area (Å²) in [5, 5.41) is 0.779. The Labute approximate surface area is 122 Å². The lowest BCUT2D eigenvalue weighted by atomic mass is 10.0. The normalized spacial score (nSPS) is 13.2. The minimum atomic E-state index is 0.286. The first-order valence-corrected chi connectivity index (χ1v) is 7.69. The van der Waals surface area contributed by atoms with Crippen LogP contribution >= 0.6 is 11.6 Å². The summed E-state index contributed by atoms with van der Waals surface area (Å²) < 4.78 is 0. The Bertz CT molecular complexity index is 348. The zero-order valence-electron chi connectivity index (χ0n) is 12.4. The van der Waals surface area contributed by atoms with Crippen molar-refractivity contribution < 1.29 is 0 Å². The van der Waals surface area contributed by atoms with E-state index in [1.807, 2.05) is 12.1 Å². The van der Waals surface area contributed by atoms with E-state index in [9.17, 15) is 0 Å². The van der Waals surface area contributed by atoms with Gasteiger partial charge >= 0.3 is 0 Å². The van der Waals surface area contributed by atoms with Crippen LogP contribution in [0, 0.1) is 0 Å². The Kier molecular flexibility index (Phi) is 7.44. The fourth-order valence-electron chi connectivity index (χ4n) is 2.47. The highest BCUT2D eigenvalue weighted by Crippen LogP contribution is 2.24. The molecule has 2 N–H and O–H groups in total. The molecule has 108 valence electrons. The first-order valence-electron chi connectivity index (χ1n) is 7.31. The molecule has 3 heteroatoms. The lowest BCUT2D eigenvalue weighted by Gasteiger charge is -2.34. The third-order valence-electron chi connectivity index (χ3n) is 3.56. The van der Waals surface area contributed by atoms with Crippen LogP contribution in [0.4, 0.5) is 0 Å². The summed E-state index contributed by atoms with van der Waals surface area (Å²) in [5.41, 5.74) is 7.27. The molecule has 0 spiro atoms. The van der Waals surface area contributed by atoms with E-state index in [4.69, 9.17) is 17.3 Å². The number of hydrogen-bond acceptors (Lipinski definition) is 2. The van der Waals surface area contributed by atoms with E-state index in [1.165, 1.54) is 24.8 Å². The molecular formula is C16H27ClN2. The Morgan fingerprint density at radius 3 is 2.26 bits per heavy atom. The summed E-state index contributed by atoms with van der Waals surface area (Å²) in [4.78, 5) is 2.50. The number of nitrogens with zero attached hydrogens (tertiary/aromatic N) is 1. The number of benzene rings is 1. The first-order chi connectivity index (χ1) is 9.10. The van der Waals surface area contributed by atoms with Crippen molar-refractivity contribution in [2.24, 2.45) is 5.73 Å². The topological polar surface area (TPSA) is 29.3 Å². The van der Waals surface area contributed by atoms with Crippen LogP contribution in [0.5, 0.6) is 0 Å². The van der Waals surface area contributed by atoms with Gasteiger partial charge in [0.05, 0.1) is 0 Å². The van der Waals surface area contributed by atoms with E-state index in [-0.39, 0.29) is 6.04 Å². The average molecular weight is 283 g/mol. The van der Waals surface area contributed by atoms with Crippen molar-refractivity contribution in [2.45, 2.75) is 52.1 Å². The molecule has 2 nitrogen and oxygen atoms in total. The molecule has 0 saturated carbocycles. The van der Waals surface area contributed by atoms with Gasteiger partial charge in [-0.2, -0.15) is 0 Å². The average Bonchev–Trinajstić information content (AvgIpc) is 2.39. The largest absolute Gasteiger partial charge is 0.329 e. The number of halogens is 1. The van der Waals surface area contributed by atoms with Crippen LogP contribution in [0.1, 0.15) is 51.6 Å². The van der Waals surface area contributed by atoms with E-state index in [0.717, 1.165) is 11.6 Å². The predicted molar refractivity (Wildman–Crippen MR) is 84.6 cm³/mol. The summed E-state index contributed by atoms with van der Waals surface area (Å²) in [6, 6.07) is 8.87. The Hall–Kier alpha value is -0.570. The maximum Gasteiger partial charge on any atom is 0.0473 e. The summed E-state index contributed by atoms with van der Waals surface area (Å²) in [6.07, 6.45) is 3.76. The molecule has 1 atom stereocenters. The monoisotopic (exact) mass is 282 g/mol. The van der Waals surface area contributed by atoms with Crippen molar-refractivity contribution in [1.29, 1.82) is 0 Å². The minimum absolute atomic E-state index is 0.286. The van der Waals surface area contributed by atoms with Gasteiger partial charge in [-0.15, -0.1) is 0 Å². The fraction of sp³-hybridized carbons (Fsp3) is 0.625. The predicted octanol–water partition coefficient (Wildman–Crippen LogP) is 4.24. The van der Waals surface area contributed by atoms with Crippen LogP contribution in [-0.2, 0) is 0 Å². The van der Waals surface area contributed by atoms with Crippen LogP contribution in [0.15, 0.2) is 24.3 Å². The quantitative estimate of drug-likeness (QED) is 0.723. The Balaban J connectivity index is 2.80. The van der Waals surface area contributed by atoms with Gasteiger partial charge in [0, 0.05) is 23.7 Å². The SMILES string of the molecule is CCCCCN(C(C)C)C(CN)c1ccc(Cl)cc1. The van der Waals surface area contributed by atoms with Gasteiger partial charge in [-0.3, -0.25) is 4.90 Å². The number of nitrogens with two attached hydrogens (primary N) is 1. The molecule has 1 rings (SSSR count). The van der Waals surface area contributed by atoms with Crippen LogP contribution in [0.2, 0.25) is 5.02 Å². The maximum absolute atomic E-state index is 6.01. The molecule has 1 unspecified atom stereocenters. The van der Waals surface area contributed by atoms with Gasteiger partial charge in [-0.1, -0.05) is 43.5 Å². The lowest BCUT2D eigenvalue weighted by molar-refractivity contribution is 0.154. The number of unbranched alkanes of at least 4 members (excludes halogenated alkanes) is 2. The molecular weight excluding hydrogens is 256 g/mol. The third-order valence-corrected chi connectivity index (χ3v) is 3.81. The van der Waals surface area contributed by atoms with Gasteiger partial charge in [0.25, 0.3) is 0 Å². The highest BCUT2D eigenvalue weighted by molar-refractivity contribution is 6.30. The zero-order chi connectivity index (χ0) is 14.3. The number of hydrogen-bond donors (Lipinski definition) is 1. The summed E-state index contributed by atoms with van der Waals surface area (Å²) >= 11 is 5.96. The van der Waals surface area contributed by atoms with Crippen LogP contribution in [-0.4, -0.2) is 24.0 Å². The molecule has 0 aromatic heterocycles. The van der Waals surface area contributed by atoms with Gasteiger partial charge in [-0.25, -0.2) is 0 Å². The van der Waals surface area contributed by atoms with Crippen molar-refractivity contribution >= 4 is 11.6 Å². The molecule has 0 amide bonds. The molecule has 0 saturated heterocycles. The second-order valence-corrected chi connectivity index (χ2v) is 5.78. The third kappa shape index (κ3) is 5.13. The molecule has 0 bridgehead atoms. The highest BCUT2D eigenvalue weighted by Gasteiger charge is 2.21. The van der Waals surface area contributed by atoms with Gasteiger partial charge in [0.2, 0.25) is 0 Å². The second kappa shape index (κ2) is 8.57. The molecule has 0 aliphatic carbocycles. The van der Waals surface area contributed by atoms with Gasteiger partial charge < -0.3 is 5.73 Å². The summed E-state index contributed by atoms with van der Waals surface area (Å²) in [7, 11) is 0. The van der Waals surface area contributed by atoms with Crippen molar-refractivity contribution in [2.75, 3.05) is 13.1 Å². The van der Waals surface area contributed by atoms with Crippen molar-refractivity contribution in [1.82, 2.24) is 4.90 Å². The van der Waals surface area contributed by atoms with E-state index < -0.39 is 0 Å². The number of rotatable bonds is 8. The summed E-state index contributed by atoms with van der Waals surface area (Å²) in [6.45, 7) is 8.47. The Morgan fingerprint density at radius 1 is 1.16 bits per heavy atom. The molecule has 0 heterocycles. The van der Waals surface area contributed by atoms with Crippen LogP contribution in [0.3, 0.4) is 0 Å². The zero-order valence-corrected chi connectivity index (χ0v) is 13.2. The molecule has 19 heavy (non-hydrogen) atoms. The van der Waals surface area contributed by atoms with Gasteiger partial charge in [0.1, 0.15) is 0 Å². The standard InChI is InChI=1S/C16H27ClN2/c1-4-5-6-11-19(13(2)3)16(12-18)14-7-9-15(17)10-8-14/h7-10,13,16H,4-6,11-12,18H2,1-3H3. The van der Waals surface area contributed by atoms with Gasteiger partial charge in [-0.05, 0) is 44.5 Å². The fourth-order valence-corrected chi connectivity index (χ4v) is 2.59. The molecule has 0 aliphatic heterocycles. The van der Waals surface area contributed by atoms with E-state index >= 15 is 0 Å². The molecule has 1 aromatic rings. The molecule has 0 aliphatic rings. The molecule has 1 aromatic carbocycles. The van der Waals surface area contributed by atoms with E-state index in [2.05, 4.69) is 37.8 Å². The van der Waals surface area contributed by atoms with Crippen molar-refractivity contribution in [3.05, 3.63) is 34.9 Å². The lowest BCUT2D eigenvalue weighted by Crippen LogP contribution is -2.39. The van der Waals surface area contributed by atoms with Crippen LogP contribution in [0.25, 0.3) is 0 Å². The smallest absolute Gasteiger partial charge is 0.0473 e. The Morgan fingerprint density at radius 2 is 1.79 bits per heavy atom. The van der Waals surface area contributed by atoms with E-state index in [0.29, 0.717) is 12.6 Å². The molecule has 0 radical (unpaired) electrons. The van der Waals surface area contributed by atoms with Crippen molar-refractivity contribution in [3.8, 4) is 0 Å². The summed E-state index contributed by atoms with van der Waals surface area (Å²) in [5.74, 6) is 0. The maximum atomic E-state index is 6.01.